The lowest BCUT2D eigenvalue weighted by Crippen LogP contribution is -2.26. The Morgan fingerprint density at radius 2 is 2.20 bits per heavy atom. The summed E-state index contributed by atoms with van der Waals surface area (Å²) in [4.78, 5) is 0. The number of hydrogen-bond donors (Lipinski definition) is 2. The molecular formula is CH3N3S. The third-order valence-corrected chi connectivity index (χ3v) is 0.201. The first kappa shape index (κ1) is 4.65. The second kappa shape index (κ2) is 1.92. The van der Waals surface area contributed by atoms with E-state index in [1.807, 2.05) is 0 Å². The maximum absolute atomic E-state index is 7.63. The molecule has 0 atom stereocenters. The van der Waals surface area contributed by atoms with Crippen molar-refractivity contribution in [3.63, 3.8) is 0 Å². The van der Waals surface area contributed by atoms with Gasteiger partial charge in [0.1, 0.15) is 0 Å². The first-order valence-electron chi connectivity index (χ1n) is 0.966. The first-order chi connectivity index (χ1) is 2.27. The maximum Gasteiger partial charge on any atom is 0.180 e. The summed E-state index contributed by atoms with van der Waals surface area (Å²) in [6, 6.07) is 0. The third-order valence-electron chi connectivity index (χ3n) is 0.110. The fraction of sp³-hybridized carbons (Fsp3) is 0. The van der Waals surface area contributed by atoms with Gasteiger partial charge in [-0.15, -0.1) is 0 Å². The van der Waals surface area contributed by atoms with Crippen molar-refractivity contribution in [1.29, 1.82) is 0 Å². The van der Waals surface area contributed by atoms with Crippen molar-refractivity contribution in [3.8, 4) is 0 Å². The van der Waals surface area contributed by atoms with Gasteiger partial charge >= 0.3 is 0 Å². The highest BCUT2D eigenvalue weighted by molar-refractivity contribution is 7.80. The fourth-order valence-corrected chi connectivity index (χ4v) is 0. The third kappa shape index (κ3) is 3.65. The van der Waals surface area contributed by atoms with Gasteiger partial charge in [0.05, 0.1) is 0 Å². The molecule has 0 aromatic heterocycles. The highest BCUT2D eigenvalue weighted by Crippen LogP contribution is 1.41. The average Bonchev–Trinajstić information content (AvgIpc) is 1.38. The number of thiocarbonyl (C=S) groups is 1. The molecule has 0 aliphatic rings. The van der Waals surface area contributed by atoms with Crippen LogP contribution in [0.1, 0.15) is 0 Å². The van der Waals surface area contributed by atoms with Gasteiger partial charge in [-0.1, -0.05) is 0 Å². The van der Waals surface area contributed by atoms with E-state index >= 15 is 0 Å². The molecular weight excluding hydrogens is 86.1 g/mol. The highest BCUT2D eigenvalue weighted by atomic mass is 32.1. The Morgan fingerprint density at radius 1 is 2.00 bits per heavy atom. The molecule has 0 aliphatic carbocycles. The van der Waals surface area contributed by atoms with Crippen molar-refractivity contribution >= 4 is 17.3 Å². The van der Waals surface area contributed by atoms with Crippen LogP contribution in [-0.4, -0.2) is 5.11 Å². The van der Waals surface area contributed by atoms with E-state index in [0.29, 0.717) is 0 Å². The van der Waals surface area contributed by atoms with Gasteiger partial charge in [0.25, 0.3) is 0 Å². The molecule has 28 valence electrons. The standard InChI is InChI=1S/CH3N3S/c2-1(5)4-3/h(H3,2,4,5). The second-order valence-corrected chi connectivity index (χ2v) is 0.916. The number of nitrogens with two attached hydrogens (primary N) is 1. The molecule has 0 bridgehead atoms. The largest absolute Gasteiger partial charge is 0.375 e. The van der Waals surface area contributed by atoms with Crippen molar-refractivity contribution < 1.29 is 0 Å². The Balaban J connectivity index is 2.85. The van der Waals surface area contributed by atoms with E-state index in [4.69, 9.17) is 5.84 Å². The van der Waals surface area contributed by atoms with Gasteiger partial charge in [0.2, 0.25) is 0 Å². The monoisotopic (exact) mass is 89.0 g/mol. The minimum absolute atomic E-state index is 0.106. The summed E-state index contributed by atoms with van der Waals surface area (Å²) >= 11 is 4.11. The molecule has 0 fully saturated rings. The van der Waals surface area contributed by atoms with E-state index in [0.717, 1.165) is 0 Å². The van der Waals surface area contributed by atoms with Gasteiger partial charge < -0.3 is 5.73 Å². The molecule has 0 unspecified atom stereocenters. The van der Waals surface area contributed by atoms with E-state index in [2.05, 4.69) is 18.0 Å². The Hall–Kier alpha value is -0.350. The molecule has 0 saturated carbocycles. The molecule has 3 N–H and O–H groups in total. The summed E-state index contributed by atoms with van der Waals surface area (Å²) in [5, 5.41) is -0.106. The molecule has 3 nitrogen and oxygen atoms in total. The number of nitrogens with zero attached hydrogens (tertiary/aromatic N) is 1. The quantitative estimate of drug-likeness (QED) is 0.289. The number of nitrogens with one attached hydrogen (secondary N) is 1. The van der Waals surface area contributed by atoms with Crippen LogP contribution >= 0.6 is 12.2 Å². The average molecular weight is 89.1 g/mol. The normalized spacial score (nSPS) is 6.60. The van der Waals surface area contributed by atoms with Gasteiger partial charge in [0, 0.05) is 0 Å². The summed E-state index contributed by atoms with van der Waals surface area (Å²) in [7, 11) is 0. The van der Waals surface area contributed by atoms with E-state index < -0.39 is 0 Å². The predicted octanol–water partition coefficient (Wildman–Crippen LogP) is -1.20. The van der Waals surface area contributed by atoms with E-state index in [1.54, 1.807) is 0 Å². The molecule has 0 saturated heterocycles. The summed E-state index contributed by atoms with van der Waals surface area (Å²) in [5.41, 5.74) is 6.20. The van der Waals surface area contributed by atoms with Crippen molar-refractivity contribution in [2.24, 2.45) is 5.73 Å². The van der Waals surface area contributed by atoms with Crippen LogP contribution in [0.4, 0.5) is 0 Å². The van der Waals surface area contributed by atoms with Crippen LogP contribution in [0.3, 0.4) is 0 Å². The fourth-order valence-electron chi connectivity index (χ4n) is 0. The molecule has 0 rings (SSSR count). The zero-order valence-corrected chi connectivity index (χ0v) is 3.25. The van der Waals surface area contributed by atoms with Gasteiger partial charge in [0.15, 0.2) is 5.11 Å². The SMILES string of the molecule is [N]NC(N)=S. The Labute approximate surface area is 35.3 Å². The van der Waals surface area contributed by atoms with Crippen LogP contribution in [0.15, 0.2) is 0 Å². The van der Waals surface area contributed by atoms with Crippen LogP contribution in [0.25, 0.3) is 0 Å². The summed E-state index contributed by atoms with van der Waals surface area (Å²) in [6.07, 6.45) is 0. The lowest BCUT2D eigenvalue weighted by Gasteiger charge is -1.81. The van der Waals surface area contributed by atoms with Crippen molar-refractivity contribution in [1.82, 2.24) is 11.3 Å². The van der Waals surface area contributed by atoms with Crippen LogP contribution in [0, 0.1) is 0 Å². The zero-order chi connectivity index (χ0) is 4.28. The van der Waals surface area contributed by atoms with Crippen LogP contribution in [0.2, 0.25) is 0 Å². The van der Waals surface area contributed by atoms with E-state index in [9.17, 15) is 0 Å². The molecule has 4 heteroatoms. The molecule has 0 amide bonds. The molecule has 0 spiro atoms. The molecule has 0 aliphatic heterocycles. The Bertz CT molecular complexity index is 42.2. The molecule has 5 heavy (non-hydrogen) atoms. The lowest BCUT2D eigenvalue weighted by molar-refractivity contribution is 0.986. The van der Waals surface area contributed by atoms with Crippen LogP contribution < -0.4 is 17.0 Å². The summed E-state index contributed by atoms with van der Waals surface area (Å²) < 4.78 is 0. The topological polar surface area (TPSA) is 60.3 Å². The minimum Gasteiger partial charge on any atom is -0.375 e. The minimum atomic E-state index is -0.106. The van der Waals surface area contributed by atoms with Gasteiger partial charge in [-0.25, -0.2) is 0 Å². The zero-order valence-electron chi connectivity index (χ0n) is 2.43. The van der Waals surface area contributed by atoms with E-state index in [-0.39, 0.29) is 5.11 Å². The lowest BCUT2D eigenvalue weighted by atomic mass is 11.2. The predicted molar refractivity (Wildman–Crippen MR) is 22.1 cm³/mol. The number of rotatable bonds is 0. The van der Waals surface area contributed by atoms with Crippen molar-refractivity contribution in [2.45, 2.75) is 0 Å². The summed E-state index contributed by atoms with van der Waals surface area (Å²) in [5.74, 6) is 7.63. The van der Waals surface area contributed by atoms with Crippen molar-refractivity contribution in [2.75, 3.05) is 0 Å². The van der Waals surface area contributed by atoms with Crippen LogP contribution in [-0.2, 0) is 0 Å². The second-order valence-electron chi connectivity index (χ2n) is 0.476. The highest BCUT2D eigenvalue weighted by Gasteiger charge is 1.69. The Kier molecular flexibility index (Phi) is 1.79. The molecule has 0 aromatic rings. The van der Waals surface area contributed by atoms with Gasteiger partial charge in [-0.05, 0) is 18.1 Å². The molecule has 2 radical (unpaired) electrons. The summed E-state index contributed by atoms with van der Waals surface area (Å²) in [6.45, 7) is 0. The molecule has 0 aromatic carbocycles. The first-order valence-corrected chi connectivity index (χ1v) is 1.37. The van der Waals surface area contributed by atoms with Crippen molar-refractivity contribution in [3.05, 3.63) is 0 Å². The smallest absolute Gasteiger partial charge is 0.180 e. The van der Waals surface area contributed by atoms with Gasteiger partial charge in [-0.2, -0.15) is 0 Å². The van der Waals surface area contributed by atoms with Crippen LogP contribution in [0.5, 0.6) is 0 Å². The maximum atomic E-state index is 7.63. The number of hydrogen-bond acceptors (Lipinski definition) is 1. The molecule has 0 heterocycles. The van der Waals surface area contributed by atoms with Gasteiger partial charge in [-0.3, -0.25) is 5.43 Å². The van der Waals surface area contributed by atoms with E-state index in [1.165, 1.54) is 5.43 Å². The Morgan fingerprint density at radius 3 is 2.20 bits per heavy atom.